The lowest BCUT2D eigenvalue weighted by atomic mass is 9.73. The summed E-state index contributed by atoms with van der Waals surface area (Å²) in [5, 5.41) is 9.34. The van der Waals surface area contributed by atoms with Gasteiger partial charge in [0.15, 0.2) is 0 Å². The fraction of sp³-hybridized carbons (Fsp3) is 0.750. The predicted molar refractivity (Wildman–Crippen MR) is 59.9 cm³/mol. The zero-order chi connectivity index (χ0) is 11.1. The molecular weight excluding hydrogens is 188 g/mol. The van der Waals surface area contributed by atoms with E-state index in [1.54, 1.807) is 6.20 Å². The summed E-state index contributed by atoms with van der Waals surface area (Å²) in [5.41, 5.74) is 0.490. The number of aromatic hydroxyl groups is 1. The molecule has 1 N–H and O–H groups in total. The van der Waals surface area contributed by atoms with Crippen LogP contribution in [0.3, 0.4) is 0 Å². The van der Waals surface area contributed by atoms with E-state index in [2.05, 4.69) is 18.8 Å². The fourth-order valence-electron chi connectivity index (χ4n) is 2.50. The van der Waals surface area contributed by atoms with E-state index >= 15 is 0 Å². The molecule has 1 aliphatic carbocycles. The number of imidazole rings is 1. The third kappa shape index (κ3) is 2.16. The Morgan fingerprint density at radius 3 is 2.47 bits per heavy atom. The van der Waals surface area contributed by atoms with Gasteiger partial charge in [0.25, 0.3) is 0 Å². The minimum atomic E-state index is 0.150. The molecule has 1 aliphatic rings. The second-order valence-corrected chi connectivity index (χ2v) is 5.51. The van der Waals surface area contributed by atoms with Gasteiger partial charge in [0.2, 0.25) is 5.88 Å². The van der Waals surface area contributed by atoms with Crippen molar-refractivity contribution in [2.45, 2.75) is 45.4 Å². The molecule has 1 heterocycles. The maximum atomic E-state index is 9.34. The number of aryl methyl sites for hydroxylation is 1. The first kappa shape index (κ1) is 10.5. The van der Waals surface area contributed by atoms with Crippen molar-refractivity contribution in [1.82, 2.24) is 9.55 Å². The highest BCUT2D eigenvalue weighted by molar-refractivity contribution is 5.12. The topological polar surface area (TPSA) is 38.0 Å². The van der Waals surface area contributed by atoms with E-state index < -0.39 is 0 Å². The first-order valence-corrected chi connectivity index (χ1v) is 5.70. The Hall–Kier alpha value is -0.990. The molecule has 1 aromatic heterocycles. The van der Waals surface area contributed by atoms with Gasteiger partial charge in [0.05, 0.1) is 6.20 Å². The van der Waals surface area contributed by atoms with Crippen LogP contribution in [0, 0.1) is 5.41 Å². The van der Waals surface area contributed by atoms with Crippen LogP contribution in [0.5, 0.6) is 5.88 Å². The first-order chi connectivity index (χ1) is 6.98. The summed E-state index contributed by atoms with van der Waals surface area (Å²) in [7, 11) is 1.96. The van der Waals surface area contributed by atoms with E-state index in [0.29, 0.717) is 11.3 Å². The lowest BCUT2D eigenvalue weighted by Gasteiger charge is -2.33. The molecular formula is C12H20N2O. The van der Waals surface area contributed by atoms with Crippen molar-refractivity contribution < 1.29 is 5.11 Å². The van der Waals surface area contributed by atoms with Gasteiger partial charge in [-0.05, 0) is 31.1 Å². The molecule has 0 atom stereocenters. The summed E-state index contributed by atoms with van der Waals surface area (Å²) >= 11 is 0. The monoisotopic (exact) mass is 208 g/mol. The van der Waals surface area contributed by atoms with E-state index in [9.17, 15) is 5.11 Å². The molecule has 0 saturated heterocycles. The highest BCUT2D eigenvalue weighted by atomic mass is 16.3. The van der Waals surface area contributed by atoms with Crippen molar-refractivity contribution in [3.05, 3.63) is 12.0 Å². The van der Waals surface area contributed by atoms with Gasteiger partial charge in [0.1, 0.15) is 5.82 Å². The molecule has 0 radical (unpaired) electrons. The lowest BCUT2D eigenvalue weighted by molar-refractivity contribution is 0.219. The number of hydrogen-bond acceptors (Lipinski definition) is 2. The van der Waals surface area contributed by atoms with Gasteiger partial charge >= 0.3 is 0 Å². The van der Waals surface area contributed by atoms with Gasteiger partial charge in [-0.1, -0.05) is 13.8 Å². The molecule has 0 spiro atoms. The summed E-state index contributed by atoms with van der Waals surface area (Å²) < 4.78 is 1.96. The molecule has 15 heavy (non-hydrogen) atoms. The molecule has 0 unspecified atom stereocenters. The maximum Gasteiger partial charge on any atom is 0.229 e. The predicted octanol–water partition coefficient (Wildman–Crippen LogP) is 2.81. The molecule has 84 valence electrons. The average molecular weight is 208 g/mol. The Kier molecular flexibility index (Phi) is 2.49. The van der Waals surface area contributed by atoms with Gasteiger partial charge in [-0.15, -0.1) is 0 Å². The second-order valence-electron chi connectivity index (χ2n) is 5.51. The molecule has 1 aromatic rings. The van der Waals surface area contributed by atoms with Gasteiger partial charge in [-0.2, -0.15) is 4.98 Å². The zero-order valence-electron chi connectivity index (χ0n) is 9.82. The van der Waals surface area contributed by atoms with Crippen molar-refractivity contribution >= 4 is 0 Å². The SMILES string of the molecule is Cn1cc(O)nc1C1CCC(C)(C)CC1. The molecule has 1 fully saturated rings. The molecule has 3 nitrogen and oxygen atoms in total. The Balaban J connectivity index is 2.11. The quantitative estimate of drug-likeness (QED) is 0.770. The lowest BCUT2D eigenvalue weighted by Crippen LogP contribution is -2.21. The van der Waals surface area contributed by atoms with Crippen LogP contribution in [-0.2, 0) is 7.05 Å². The first-order valence-electron chi connectivity index (χ1n) is 5.70. The number of hydrogen-bond donors (Lipinski definition) is 1. The Bertz CT molecular complexity index is 345. The minimum Gasteiger partial charge on any atom is -0.492 e. The van der Waals surface area contributed by atoms with Crippen molar-refractivity contribution in [2.75, 3.05) is 0 Å². The van der Waals surface area contributed by atoms with Crippen molar-refractivity contribution in [2.24, 2.45) is 12.5 Å². The normalized spacial score (nSPS) is 21.8. The highest BCUT2D eigenvalue weighted by Gasteiger charge is 2.29. The third-order valence-electron chi connectivity index (χ3n) is 3.60. The van der Waals surface area contributed by atoms with Crippen LogP contribution in [0.4, 0.5) is 0 Å². The van der Waals surface area contributed by atoms with Gasteiger partial charge in [0, 0.05) is 13.0 Å². The van der Waals surface area contributed by atoms with Crippen LogP contribution in [0.2, 0.25) is 0 Å². The van der Waals surface area contributed by atoms with E-state index in [0.717, 1.165) is 5.82 Å². The van der Waals surface area contributed by atoms with Crippen LogP contribution in [0.15, 0.2) is 6.20 Å². The highest BCUT2D eigenvalue weighted by Crippen LogP contribution is 2.42. The molecule has 0 bridgehead atoms. The summed E-state index contributed by atoms with van der Waals surface area (Å²) in [6, 6.07) is 0. The smallest absolute Gasteiger partial charge is 0.229 e. The van der Waals surface area contributed by atoms with E-state index in [4.69, 9.17) is 0 Å². The second kappa shape index (κ2) is 3.54. The Morgan fingerprint density at radius 1 is 1.40 bits per heavy atom. The van der Waals surface area contributed by atoms with Crippen LogP contribution < -0.4 is 0 Å². The van der Waals surface area contributed by atoms with E-state index in [1.165, 1.54) is 25.7 Å². The average Bonchev–Trinajstić information content (AvgIpc) is 2.45. The Morgan fingerprint density at radius 2 is 2.00 bits per heavy atom. The molecule has 1 saturated carbocycles. The van der Waals surface area contributed by atoms with Crippen LogP contribution in [0.25, 0.3) is 0 Å². The molecule has 0 aliphatic heterocycles. The van der Waals surface area contributed by atoms with Crippen LogP contribution in [0.1, 0.15) is 51.3 Å². The summed E-state index contributed by atoms with van der Waals surface area (Å²) in [6.45, 7) is 4.66. The van der Waals surface area contributed by atoms with Gasteiger partial charge in [-0.25, -0.2) is 0 Å². The number of rotatable bonds is 1. The zero-order valence-corrected chi connectivity index (χ0v) is 9.82. The van der Waals surface area contributed by atoms with E-state index in [1.807, 2.05) is 11.6 Å². The maximum absolute atomic E-state index is 9.34. The number of nitrogens with zero attached hydrogens (tertiary/aromatic N) is 2. The van der Waals surface area contributed by atoms with E-state index in [-0.39, 0.29) is 5.88 Å². The fourth-order valence-corrected chi connectivity index (χ4v) is 2.50. The van der Waals surface area contributed by atoms with Gasteiger partial charge < -0.3 is 9.67 Å². The summed E-state index contributed by atoms with van der Waals surface area (Å²) in [5.74, 6) is 1.73. The Labute approximate surface area is 91.1 Å². The van der Waals surface area contributed by atoms with Crippen LogP contribution in [-0.4, -0.2) is 14.7 Å². The minimum absolute atomic E-state index is 0.150. The largest absolute Gasteiger partial charge is 0.492 e. The third-order valence-corrected chi connectivity index (χ3v) is 3.60. The molecule has 2 rings (SSSR count). The van der Waals surface area contributed by atoms with Crippen molar-refractivity contribution in [3.8, 4) is 5.88 Å². The molecule has 0 amide bonds. The summed E-state index contributed by atoms with van der Waals surface area (Å²) in [6.07, 6.45) is 6.58. The van der Waals surface area contributed by atoms with Crippen molar-refractivity contribution in [1.29, 1.82) is 0 Å². The standard InChI is InChI=1S/C12H20N2O/c1-12(2)6-4-9(5-7-12)11-13-10(15)8-14(11)3/h8-9,15H,4-7H2,1-3H3. The summed E-state index contributed by atoms with van der Waals surface area (Å²) in [4.78, 5) is 4.20. The van der Waals surface area contributed by atoms with Gasteiger partial charge in [-0.3, -0.25) is 0 Å². The van der Waals surface area contributed by atoms with Crippen LogP contribution >= 0.6 is 0 Å². The number of aromatic nitrogens is 2. The molecule has 0 aromatic carbocycles. The van der Waals surface area contributed by atoms with Crippen molar-refractivity contribution in [3.63, 3.8) is 0 Å². The molecule has 3 heteroatoms.